The molecule has 0 aliphatic heterocycles. The summed E-state index contributed by atoms with van der Waals surface area (Å²) in [6.07, 6.45) is 1.50. The second kappa shape index (κ2) is 4.29. The maximum atomic E-state index is 12.1. The number of fused-ring (bicyclic) bond motifs is 1. The van der Waals surface area contributed by atoms with Crippen LogP contribution in [0, 0.1) is 17.0 Å². The van der Waals surface area contributed by atoms with Crippen molar-refractivity contribution in [2.75, 3.05) is 6.26 Å². The minimum absolute atomic E-state index is 0.0857. The van der Waals surface area contributed by atoms with Crippen molar-refractivity contribution in [1.29, 1.82) is 0 Å². The summed E-state index contributed by atoms with van der Waals surface area (Å²) in [5, 5.41) is 11.9. The summed E-state index contributed by atoms with van der Waals surface area (Å²) in [5.74, 6) is 0.0857. The average Bonchev–Trinajstić information content (AvgIpc) is 2.31. The highest BCUT2D eigenvalue weighted by Crippen LogP contribution is 2.14. The molecule has 0 amide bonds. The molecule has 0 spiro atoms. The van der Waals surface area contributed by atoms with Crippen LogP contribution in [0.25, 0.3) is 11.0 Å². The van der Waals surface area contributed by atoms with Crippen LogP contribution in [-0.4, -0.2) is 15.2 Å². The van der Waals surface area contributed by atoms with Gasteiger partial charge in [-0.3, -0.25) is 4.21 Å². The van der Waals surface area contributed by atoms with E-state index in [0.29, 0.717) is 25.9 Å². The molecule has 17 heavy (non-hydrogen) atoms. The Balaban J connectivity index is 2.86. The molecule has 2 aromatic rings. The van der Waals surface area contributed by atoms with Gasteiger partial charge in [0.1, 0.15) is 11.3 Å². The van der Waals surface area contributed by atoms with Crippen molar-refractivity contribution in [1.82, 2.24) is 4.73 Å². The van der Waals surface area contributed by atoms with E-state index in [1.54, 1.807) is 31.2 Å². The van der Waals surface area contributed by atoms with Crippen molar-refractivity contribution in [2.45, 2.75) is 12.7 Å². The molecule has 0 N–H and O–H groups in total. The van der Waals surface area contributed by atoms with Crippen LogP contribution >= 0.6 is 0 Å². The van der Waals surface area contributed by atoms with Crippen LogP contribution < -0.4 is 4.43 Å². The summed E-state index contributed by atoms with van der Waals surface area (Å²) in [5.41, 5.74) is 1.19. The monoisotopic (exact) mass is 252 g/mol. The van der Waals surface area contributed by atoms with E-state index in [4.69, 9.17) is 0 Å². The van der Waals surface area contributed by atoms with Crippen molar-refractivity contribution in [3.05, 3.63) is 45.8 Å². The van der Waals surface area contributed by atoms with Crippen LogP contribution in [0.4, 0.5) is 0 Å². The van der Waals surface area contributed by atoms with E-state index in [1.165, 1.54) is 6.26 Å². The maximum absolute atomic E-state index is 12.1. The SMILES string of the molecule is Cc1c(CS(C)=O)[n+](=O)c2ccccc2n1[O-]. The molecule has 0 aliphatic rings. The normalized spacial score (nSPS) is 12.8. The lowest BCUT2D eigenvalue weighted by Gasteiger charge is -2.15. The third kappa shape index (κ3) is 1.95. The van der Waals surface area contributed by atoms with Gasteiger partial charge in [0.2, 0.25) is 0 Å². The molecule has 1 atom stereocenters. The molecule has 1 unspecified atom stereocenters. The zero-order chi connectivity index (χ0) is 12.6. The number of hydrogen-bond donors (Lipinski definition) is 0. The minimum Gasteiger partial charge on any atom is -0.805 e. The lowest BCUT2D eigenvalue weighted by molar-refractivity contribution is -0.474. The maximum Gasteiger partial charge on any atom is 0.286 e. The van der Waals surface area contributed by atoms with E-state index < -0.39 is 10.8 Å². The van der Waals surface area contributed by atoms with E-state index in [2.05, 4.69) is 0 Å². The van der Waals surface area contributed by atoms with Crippen molar-refractivity contribution < 1.29 is 8.64 Å². The number of hydrogen-bond acceptors (Lipinski definition) is 3. The molecule has 1 heterocycles. The molecule has 0 aliphatic carbocycles. The highest BCUT2D eigenvalue weighted by atomic mass is 32.2. The van der Waals surface area contributed by atoms with E-state index in [0.717, 1.165) is 0 Å². The Kier molecular flexibility index (Phi) is 2.97. The van der Waals surface area contributed by atoms with Gasteiger partial charge in [-0.2, -0.15) is 0 Å². The van der Waals surface area contributed by atoms with Crippen molar-refractivity contribution in [2.24, 2.45) is 0 Å². The van der Waals surface area contributed by atoms with Gasteiger partial charge >= 0.3 is 0 Å². The smallest absolute Gasteiger partial charge is 0.286 e. The predicted octanol–water partition coefficient (Wildman–Crippen LogP) is 1.09. The summed E-state index contributed by atoms with van der Waals surface area (Å²) in [6, 6.07) is 6.57. The number of aromatic nitrogens is 2. The van der Waals surface area contributed by atoms with Crippen molar-refractivity contribution in [3.63, 3.8) is 0 Å². The standard InChI is InChI=1S/C11H12N2O3S/c1-8-11(7-17(2)16)13(15)10-6-4-3-5-9(10)12(8)14/h3-6H,7H2,1-2H3. The molecule has 90 valence electrons. The summed E-state index contributed by atoms with van der Waals surface area (Å²) >= 11 is 0. The predicted molar refractivity (Wildman–Crippen MR) is 66.6 cm³/mol. The molecule has 1 aromatic carbocycles. The first-order valence-electron chi connectivity index (χ1n) is 5.05. The first kappa shape index (κ1) is 11.8. The minimum atomic E-state index is -1.16. The quantitative estimate of drug-likeness (QED) is 0.751. The molecule has 0 saturated carbocycles. The van der Waals surface area contributed by atoms with Crippen LogP contribution in [0.15, 0.2) is 24.3 Å². The first-order valence-corrected chi connectivity index (χ1v) is 6.78. The fourth-order valence-electron chi connectivity index (χ4n) is 1.75. The van der Waals surface area contributed by atoms with Gasteiger partial charge in [-0.05, 0) is 13.0 Å². The Morgan fingerprint density at radius 1 is 1.41 bits per heavy atom. The molecule has 1 aromatic heterocycles. The Morgan fingerprint density at radius 2 is 2.06 bits per heavy atom. The summed E-state index contributed by atoms with van der Waals surface area (Å²) in [7, 11) is -1.16. The van der Waals surface area contributed by atoms with Gasteiger partial charge in [0, 0.05) is 28.0 Å². The molecule has 6 heteroatoms. The highest BCUT2D eigenvalue weighted by Gasteiger charge is 2.20. The summed E-state index contributed by atoms with van der Waals surface area (Å²) < 4.78 is 12.6. The third-order valence-corrected chi connectivity index (χ3v) is 3.31. The number of para-hydroxylation sites is 2. The van der Waals surface area contributed by atoms with E-state index in [9.17, 15) is 14.3 Å². The largest absolute Gasteiger partial charge is 0.805 e. The Hall–Kier alpha value is -1.69. The zero-order valence-corrected chi connectivity index (χ0v) is 10.4. The summed E-state index contributed by atoms with van der Waals surface area (Å²) in [4.78, 5) is 12.1. The van der Waals surface area contributed by atoms with Crippen LogP contribution in [0.3, 0.4) is 0 Å². The molecular weight excluding hydrogens is 240 g/mol. The number of rotatable bonds is 2. The Morgan fingerprint density at radius 3 is 2.71 bits per heavy atom. The number of nitrogens with zero attached hydrogens (tertiary/aromatic N) is 2. The first-order chi connectivity index (χ1) is 8.02. The van der Waals surface area contributed by atoms with Crippen LogP contribution in [0.5, 0.6) is 0 Å². The molecular formula is C11H12N2O3S. The van der Waals surface area contributed by atoms with Gasteiger partial charge in [0.05, 0.1) is 10.1 Å². The van der Waals surface area contributed by atoms with Crippen molar-refractivity contribution >= 4 is 21.8 Å². The van der Waals surface area contributed by atoms with E-state index >= 15 is 0 Å². The van der Waals surface area contributed by atoms with Gasteiger partial charge in [-0.15, -0.1) is 0 Å². The van der Waals surface area contributed by atoms with Gasteiger partial charge in [-0.25, -0.2) is 0 Å². The highest BCUT2D eigenvalue weighted by molar-refractivity contribution is 7.83. The fraction of sp³-hybridized carbons (Fsp3) is 0.273. The molecule has 0 saturated heterocycles. The topological polar surface area (TPSA) is 68.0 Å². The third-order valence-electron chi connectivity index (χ3n) is 2.63. The van der Waals surface area contributed by atoms with Gasteiger partial charge < -0.3 is 9.94 Å². The second-order valence-electron chi connectivity index (χ2n) is 3.83. The summed E-state index contributed by atoms with van der Waals surface area (Å²) in [6.45, 7) is 1.57. The van der Waals surface area contributed by atoms with Crippen LogP contribution in [0.1, 0.15) is 11.4 Å². The fourth-order valence-corrected chi connectivity index (χ4v) is 2.46. The molecule has 5 nitrogen and oxygen atoms in total. The number of benzene rings is 1. The van der Waals surface area contributed by atoms with Gasteiger partial charge in [-0.1, -0.05) is 12.1 Å². The second-order valence-corrected chi connectivity index (χ2v) is 5.26. The van der Waals surface area contributed by atoms with E-state index in [-0.39, 0.29) is 11.4 Å². The van der Waals surface area contributed by atoms with Gasteiger partial charge in [0.15, 0.2) is 0 Å². The zero-order valence-electron chi connectivity index (χ0n) is 9.54. The lowest BCUT2D eigenvalue weighted by atomic mass is 10.2. The van der Waals surface area contributed by atoms with Crippen molar-refractivity contribution in [3.8, 4) is 0 Å². The Bertz CT molecular complexity index is 664. The van der Waals surface area contributed by atoms with Gasteiger partial charge in [0.25, 0.3) is 11.2 Å². The molecule has 2 rings (SSSR count). The van der Waals surface area contributed by atoms with Crippen LogP contribution in [0.2, 0.25) is 0 Å². The molecule has 0 radical (unpaired) electrons. The lowest BCUT2D eigenvalue weighted by Crippen LogP contribution is -2.27. The molecule has 0 bridgehead atoms. The molecule has 0 fully saturated rings. The van der Waals surface area contributed by atoms with Crippen LogP contribution in [-0.2, 0) is 16.6 Å². The Labute approximate surface area is 100 Å². The average molecular weight is 252 g/mol. The van der Waals surface area contributed by atoms with E-state index in [1.807, 2.05) is 0 Å².